The van der Waals surface area contributed by atoms with Crippen LogP contribution in [0.25, 0.3) is 0 Å². The van der Waals surface area contributed by atoms with Gasteiger partial charge in [0.25, 0.3) is 0 Å². The number of halogens is 1. The summed E-state index contributed by atoms with van der Waals surface area (Å²) in [6.45, 7) is 3.95. The summed E-state index contributed by atoms with van der Waals surface area (Å²) in [5.41, 5.74) is 1.07. The molecule has 0 aromatic carbocycles. The molecule has 1 fully saturated rings. The van der Waals surface area contributed by atoms with Gasteiger partial charge in [-0.2, -0.15) is 0 Å². The van der Waals surface area contributed by atoms with E-state index in [0.717, 1.165) is 37.3 Å². The van der Waals surface area contributed by atoms with Gasteiger partial charge in [-0.25, -0.2) is 4.98 Å². The van der Waals surface area contributed by atoms with Crippen LogP contribution in [-0.4, -0.2) is 24.2 Å². The second-order valence-corrected chi connectivity index (χ2v) is 4.48. The van der Waals surface area contributed by atoms with E-state index in [0.29, 0.717) is 11.2 Å². The van der Waals surface area contributed by atoms with Crippen LogP contribution in [0.5, 0.6) is 5.75 Å². The van der Waals surface area contributed by atoms with E-state index in [1.54, 1.807) is 6.20 Å². The molecule has 2 heterocycles. The summed E-state index contributed by atoms with van der Waals surface area (Å²) in [5.74, 6) is 0.821. The molecule has 1 aliphatic heterocycles. The number of aryl methyl sites for hydroxylation is 1. The van der Waals surface area contributed by atoms with Gasteiger partial charge in [0, 0.05) is 6.04 Å². The number of rotatable bonds is 5. The monoisotopic (exact) mass is 240 g/mol. The fourth-order valence-corrected chi connectivity index (χ4v) is 1.88. The Bertz CT molecular complexity index is 353. The van der Waals surface area contributed by atoms with Gasteiger partial charge in [0.1, 0.15) is 17.5 Å². The van der Waals surface area contributed by atoms with Gasteiger partial charge in [-0.3, -0.25) is 0 Å². The van der Waals surface area contributed by atoms with E-state index in [9.17, 15) is 0 Å². The van der Waals surface area contributed by atoms with Gasteiger partial charge in [-0.1, -0.05) is 24.9 Å². The van der Waals surface area contributed by atoms with Crippen LogP contribution in [0.1, 0.15) is 25.3 Å². The summed E-state index contributed by atoms with van der Waals surface area (Å²) in [6, 6.07) is 2.50. The van der Waals surface area contributed by atoms with Crippen LogP contribution in [0.4, 0.5) is 0 Å². The number of pyridine rings is 1. The maximum atomic E-state index is 6.00. The summed E-state index contributed by atoms with van der Waals surface area (Å²) < 4.78 is 5.67. The molecule has 4 heteroatoms. The average molecular weight is 241 g/mol. The van der Waals surface area contributed by atoms with Crippen molar-refractivity contribution >= 4 is 11.6 Å². The van der Waals surface area contributed by atoms with Crippen LogP contribution in [0.3, 0.4) is 0 Å². The average Bonchev–Trinajstić information content (AvgIpc) is 2.21. The number of ether oxygens (including phenoxy) is 1. The van der Waals surface area contributed by atoms with Crippen molar-refractivity contribution in [1.82, 2.24) is 10.3 Å². The summed E-state index contributed by atoms with van der Waals surface area (Å²) in [6.07, 6.45) is 4.91. The number of nitrogens with zero attached hydrogens (tertiary/aromatic N) is 1. The molecule has 1 N–H and O–H groups in total. The number of nitrogens with one attached hydrogen (secondary N) is 1. The molecule has 0 saturated carbocycles. The molecule has 0 aliphatic carbocycles. The lowest BCUT2D eigenvalue weighted by Crippen LogP contribution is -2.46. The predicted octanol–water partition coefficient (Wildman–Crippen LogP) is 2.43. The summed E-state index contributed by atoms with van der Waals surface area (Å²) in [5, 5.41) is 3.89. The highest BCUT2D eigenvalue weighted by Crippen LogP contribution is 2.21. The molecule has 0 unspecified atom stereocenters. The van der Waals surface area contributed by atoms with Gasteiger partial charge in [0.2, 0.25) is 0 Å². The van der Waals surface area contributed by atoms with Crippen molar-refractivity contribution in [3.8, 4) is 5.75 Å². The number of hydrogen-bond acceptors (Lipinski definition) is 3. The first-order chi connectivity index (χ1) is 7.79. The molecule has 0 amide bonds. The van der Waals surface area contributed by atoms with Crippen molar-refractivity contribution < 1.29 is 4.74 Å². The topological polar surface area (TPSA) is 34.1 Å². The minimum atomic E-state index is 0.505. The molecule has 88 valence electrons. The zero-order valence-corrected chi connectivity index (χ0v) is 10.3. The number of aromatic nitrogens is 1. The Hall–Kier alpha value is -0.800. The number of hydrogen-bond donors (Lipinski definition) is 1. The third kappa shape index (κ3) is 2.86. The fourth-order valence-electron chi connectivity index (χ4n) is 1.68. The van der Waals surface area contributed by atoms with Gasteiger partial charge < -0.3 is 10.1 Å². The SMILES string of the molecule is CCCc1cc(OC[C@H]2CCN2)cnc1Cl. The largest absolute Gasteiger partial charge is 0.490 e. The quantitative estimate of drug-likeness (QED) is 0.803. The second-order valence-electron chi connectivity index (χ2n) is 4.12. The smallest absolute Gasteiger partial charge is 0.138 e. The van der Waals surface area contributed by atoms with E-state index in [1.165, 1.54) is 6.42 Å². The lowest BCUT2D eigenvalue weighted by molar-refractivity contribution is 0.217. The zero-order chi connectivity index (χ0) is 11.4. The molecule has 1 aromatic heterocycles. The molecule has 2 rings (SSSR count). The highest BCUT2D eigenvalue weighted by atomic mass is 35.5. The maximum Gasteiger partial charge on any atom is 0.138 e. The molecule has 1 saturated heterocycles. The van der Waals surface area contributed by atoms with E-state index in [-0.39, 0.29) is 0 Å². The Kier molecular flexibility index (Phi) is 4.02. The first-order valence-corrected chi connectivity index (χ1v) is 6.18. The molecule has 0 bridgehead atoms. The lowest BCUT2D eigenvalue weighted by Gasteiger charge is -2.27. The van der Waals surface area contributed by atoms with Crippen LogP contribution in [0, 0.1) is 0 Å². The van der Waals surface area contributed by atoms with Gasteiger partial charge in [-0.15, -0.1) is 0 Å². The maximum absolute atomic E-state index is 6.00. The van der Waals surface area contributed by atoms with E-state index in [4.69, 9.17) is 16.3 Å². The molecular weight excluding hydrogens is 224 g/mol. The third-order valence-corrected chi connectivity index (χ3v) is 3.12. The van der Waals surface area contributed by atoms with Crippen LogP contribution in [0.2, 0.25) is 5.15 Å². The Labute approximate surface area is 101 Å². The highest BCUT2D eigenvalue weighted by Gasteiger charge is 2.16. The molecular formula is C12H17ClN2O. The van der Waals surface area contributed by atoms with Crippen LogP contribution < -0.4 is 10.1 Å². The molecule has 1 aliphatic rings. The normalized spacial score (nSPS) is 19.2. The molecule has 1 aromatic rings. The van der Waals surface area contributed by atoms with Gasteiger partial charge in [0.15, 0.2) is 0 Å². The van der Waals surface area contributed by atoms with Crippen LogP contribution in [-0.2, 0) is 6.42 Å². The van der Waals surface area contributed by atoms with E-state index in [1.807, 2.05) is 6.07 Å². The van der Waals surface area contributed by atoms with Gasteiger partial charge >= 0.3 is 0 Å². The van der Waals surface area contributed by atoms with Crippen molar-refractivity contribution in [3.63, 3.8) is 0 Å². The van der Waals surface area contributed by atoms with Crippen molar-refractivity contribution in [3.05, 3.63) is 23.0 Å². The van der Waals surface area contributed by atoms with Gasteiger partial charge in [-0.05, 0) is 31.0 Å². The Balaban J connectivity index is 1.94. The standard InChI is InChI=1S/C12H17ClN2O/c1-2-3-9-6-11(7-15-12(9)13)16-8-10-4-5-14-10/h6-7,10,14H,2-5,8H2,1H3/t10-/m1/s1. The first-order valence-electron chi connectivity index (χ1n) is 5.80. The molecule has 0 radical (unpaired) electrons. The Morgan fingerprint density at radius 2 is 2.44 bits per heavy atom. The van der Waals surface area contributed by atoms with Crippen molar-refractivity contribution in [1.29, 1.82) is 0 Å². The van der Waals surface area contributed by atoms with Crippen LogP contribution in [0.15, 0.2) is 12.3 Å². The zero-order valence-electron chi connectivity index (χ0n) is 9.50. The fraction of sp³-hybridized carbons (Fsp3) is 0.583. The Morgan fingerprint density at radius 1 is 1.62 bits per heavy atom. The lowest BCUT2D eigenvalue weighted by atomic mass is 10.1. The minimum absolute atomic E-state index is 0.505. The van der Waals surface area contributed by atoms with Crippen molar-refractivity contribution in [2.45, 2.75) is 32.2 Å². The first kappa shape index (κ1) is 11.7. The third-order valence-electron chi connectivity index (χ3n) is 2.78. The highest BCUT2D eigenvalue weighted by molar-refractivity contribution is 6.30. The van der Waals surface area contributed by atoms with E-state index in [2.05, 4.69) is 17.2 Å². The van der Waals surface area contributed by atoms with Crippen molar-refractivity contribution in [2.75, 3.05) is 13.2 Å². The van der Waals surface area contributed by atoms with Gasteiger partial charge in [0.05, 0.1) is 6.20 Å². The van der Waals surface area contributed by atoms with E-state index >= 15 is 0 Å². The summed E-state index contributed by atoms with van der Waals surface area (Å²) in [4.78, 5) is 4.14. The van der Waals surface area contributed by atoms with Crippen LogP contribution >= 0.6 is 11.6 Å². The Morgan fingerprint density at radius 3 is 3.06 bits per heavy atom. The molecule has 0 spiro atoms. The molecule has 3 nitrogen and oxygen atoms in total. The molecule has 1 atom stereocenters. The van der Waals surface area contributed by atoms with Crippen molar-refractivity contribution in [2.24, 2.45) is 0 Å². The predicted molar refractivity (Wildman–Crippen MR) is 65.1 cm³/mol. The van der Waals surface area contributed by atoms with E-state index < -0.39 is 0 Å². The minimum Gasteiger partial charge on any atom is -0.490 e. The summed E-state index contributed by atoms with van der Waals surface area (Å²) >= 11 is 6.00. The molecule has 16 heavy (non-hydrogen) atoms. The second kappa shape index (κ2) is 5.51. The summed E-state index contributed by atoms with van der Waals surface area (Å²) in [7, 11) is 0.